The molecule has 0 saturated heterocycles. The zero-order valence-corrected chi connectivity index (χ0v) is 62.8. The second kappa shape index (κ2) is 29.2. The number of aryl methyl sites for hydroxylation is 8. The highest BCUT2D eigenvalue weighted by Crippen LogP contribution is 2.43. The first-order chi connectivity index (χ1) is 54.5. The minimum atomic E-state index is -0.236. The molecule has 16 heterocycles. The van der Waals surface area contributed by atoms with Gasteiger partial charge in [0.25, 0.3) is 0 Å². The Kier molecular flexibility index (Phi) is 18.4. The molecular formula is C82H80F4N22O4. The molecule has 5 aliphatic heterocycles. The number of anilines is 4. The molecule has 112 heavy (non-hydrogen) atoms. The summed E-state index contributed by atoms with van der Waals surface area (Å²) in [5.41, 5.74) is 23.3. The van der Waals surface area contributed by atoms with Gasteiger partial charge in [0.05, 0.1) is 78.5 Å². The quantitative estimate of drug-likeness (QED) is 0.0563. The Labute approximate surface area is 639 Å². The van der Waals surface area contributed by atoms with Crippen molar-refractivity contribution in [3.8, 4) is 56.5 Å². The molecular weight excluding hydrogens is 1430 g/mol. The second-order valence-electron chi connectivity index (χ2n) is 29.0. The lowest BCUT2D eigenvalue weighted by Crippen LogP contribution is -2.10. The van der Waals surface area contributed by atoms with Gasteiger partial charge in [-0.1, -0.05) is 0 Å². The third-order valence-electron chi connectivity index (χ3n) is 21.4. The Bertz CT molecular complexity index is 6180. The van der Waals surface area contributed by atoms with Gasteiger partial charge < -0.3 is 40.2 Å². The highest BCUT2D eigenvalue weighted by molar-refractivity contribution is 5.81. The van der Waals surface area contributed by atoms with E-state index in [2.05, 4.69) is 81.2 Å². The molecule has 0 bridgehead atoms. The molecule has 6 aliphatic rings. The molecule has 0 amide bonds. The highest BCUT2D eigenvalue weighted by Gasteiger charge is 2.30. The lowest BCUT2D eigenvalue weighted by Gasteiger charge is -2.13. The first-order valence-corrected chi connectivity index (χ1v) is 37.6. The molecule has 0 atom stereocenters. The molecule has 26 nitrogen and oxygen atoms in total. The van der Waals surface area contributed by atoms with Crippen LogP contribution >= 0.6 is 0 Å². The zero-order chi connectivity index (χ0) is 76.6. The van der Waals surface area contributed by atoms with E-state index < -0.39 is 0 Å². The average Bonchev–Trinajstić information content (AvgIpc) is 1.64. The van der Waals surface area contributed by atoms with Crippen LogP contribution in [0.2, 0.25) is 0 Å². The molecule has 0 spiro atoms. The topological polar surface area (TPSA) is 270 Å². The summed E-state index contributed by atoms with van der Waals surface area (Å²) in [6.45, 7) is 16.4. The molecule has 11 aromatic heterocycles. The first kappa shape index (κ1) is 70.8. The number of fused-ring (bicyclic) bond motifs is 9. The van der Waals surface area contributed by atoms with Gasteiger partial charge in [0, 0.05) is 199 Å². The maximum atomic E-state index is 14.5. The number of hydrogen-bond donors (Lipinski definition) is 5. The number of benzene rings is 4. The lowest BCUT2D eigenvalue weighted by molar-refractivity contribution is 0.356. The van der Waals surface area contributed by atoms with Crippen LogP contribution in [0, 0.1) is 64.8 Å². The van der Waals surface area contributed by atoms with Crippen molar-refractivity contribution in [3.63, 3.8) is 0 Å². The number of nitrogens with one attached hydrogen (secondary N) is 5. The summed E-state index contributed by atoms with van der Waals surface area (Å²) in [6.07, 6.45) is 26.2. The van der Waals surface area contributed by atoms with Gasteiger partial charge in [-0.25, -0.2) is 57.4 Å². The van der Waals surface area contributed by atoms with Gasteiger partial charge in [-0.15, -0.1) is 0 Å². The van der Waals surface area contributed by atoms with Gasteiger partial charge in [-0.05, 0) is 128 Å². The highest BCUT2D eigenvalue weighted by atomic mass is 19.1. The molecule has 1 aliphatic carbocycles. The Morgan fingerprint density at radius 2 is 0.830 bits per heavy atom. The van der Waals surface area contributed by atoms with Crippen LogP contribution in [0.1, 0.15) is 115 Å². The molecule has 4 aromatic carbocycles. The number of imidazole rings is 4. The van der Waals surface area contributed by atoms with Gasteiger partial charge in [-0.2, -0.15) is 15.3 Å². The number of nitrogens with zero attached hydrogens (tertiary/aromatic N) is 17. The van der Waals surface area contributed by atoms with Gasteiger partial charge in [0.1, 0.15) is 63.2 Å². The molecule has 1 fully saturated rings. The number of rotatable bonds is 16. The van der Waals surface area contributed by atoms with Crippen LogP contribution in [0.3, 0.4) is 0 Å². The van der Waals surface area contributed by atoms with E-state index in [0.29, 0.717) is 105 Å². The van der Waals surface area contributed by atoms with E-state index in [1.165, 1.54) is 48.4 Å². The number of hydrogen-bond acceptors (Lipinski definition) is 19. The maximum Gasteiger partial charge on any atom is 0.208 e. The number of halogens is 4. The Morgan fingerprint density at radius 1 is 0.438 bits per heavy atom. The summed E-state index contributed by atoms with van der Waals surface area (Å²) in [6, 6.07) is 14.7. The normalized spacial score (nSPS) is 14.1. The van der Waals surface area contributed by atoms with Crippen molar-refractivity contribution in [2.24, 2.45) is 7.05 Å². The zero-order valence-electron chi connectivity index (χ0n) is 62.8. The summed E-state index contributed by atoms with van der Waals surface area (Å²) in [5, 5.41) is 29.1. The molecule has 21 rings (SSSR count). The molecule has 570 valence electrons. The van der Waals surface area contributed by atoms with Gasteiger partial charge in [0.2, 0.25) is 23.8 Å². The maximum absolute atomic E-state index is 14.5. The molecule has 0 unspecified atom stereocenters. The number of ether oxygens (including phenoxy) is 4. The monoisotopic (exact) mass is 1510 g/mol. The average molecular weight is 1510 g/mol. The summed E-state index contributed by atoms with van der Waals surface area (Å²) < 4.78 is 91.5. The van der Waals surface area contributed by atoms with Crippen molar-refractivity contribution in [3.05, 3.63) is 230 Å². The van der Waals surface area contributed by atoms with E-state index in [1.54, 1.807) is 42.9 Å². The molecule has 0 radical (unpaired) electrons. The Balaban J connectivity index is 0.000000104. The van der Waals surface area contributed by atoms with Crippen molar-refractivity contribution < 1.29 is 36.5 Å². The van der Waals surface area contributed by atoms with Crippen molar-refractivity contribution >= 4 is 46.4 Å². The van der Waals surface area contributed by atoms with E-state index in [0.717, 1.165) is 181 Å². The number of aromatic amines is 1. The third-order valence-corrected chi connectivity index (χ3v) is 21.4. The Hall–Kier alpha value is -12.9. The van der Waals surface area contributed by atoms with Crippen LogP contribution in [0.15, 0.2) is 117 Å². The van der Waals surface area contributed by atoms with Crippen molar-refractivity contribution in [2.75, 3.05) is 47.7 Å². The standard InChI is InChI=1S/C22H21FN6O.C21H21FN6O.C20H19FN6O.C19H19FN4O/c1-13-12-28-21(27-13)17(16-11-26-29-7-2-3-19(16)29)10-25-22(28)24-9-15-14-6-8-30-20(14)5-4-18(15)23;1-12-8-18(27(3)26-12)16-10-24-21(28-11-13(2)25-20(16)28)23-9-15-14-6-7-29-19(14)5-4-17(15)22;1-11-10-27-19(25-11)16(14-9-24-26-12(14)2)8-23-20(27)22-7-15-13-5-6-28-18(13)4-3-17(15)21;1-11-10-24-18(23-11)14(12-2-3-12)8-21-19(24)22-9-15-13-6-7-25-17(13)5-4-16(15)20/h4-5,10-12H,2-3,6-9H2,1H3,(H,24,25);4-5,8,10-11H,6-7,9H2,1-3H3,(H,23,24);3-4,8-10H,5-7H2,1-2H3,(H,22,23)(H,24,26);4-5,8,10,12H,2-3,6-7,9H2,1H3,(H,21,22). The Morgan fingerprint density at radius 3 is 1.23 bits per heavy atom. The minimum Gasteiger partial charge on any atom is -0.493 e. The van der Waals surface area contributed by atoms with E-state index in [1.807, 2.05) is 120 Å². The largest absolute Gasteiger partial charge is 0.493 e. The first-order valence-electron chi connectivity index (χ1n) is 37.6. The van der Waals surface area contributed by atoms with E-state index in [4.69, 9.17) is 23.9 Å². The summed E-state index contributed by atoms with van der Waals surface area (Å²) in [7, 11) is 1.90. The van der Waals surface area contributed by atoms with Crippen LogP contribution < -0.4 is 40.2 Å². The third kappa shape index (κ3) is 13.4. The summed E-state index contributed by atoms with van der Waals surface area (Å²) in [5.74, 6) is 5.32. The van der Waals surface area contributed by atoms with Crippen molar-refractivity contribution in [1.82, 2.24) is 87.2 Å². The molecule has 1 saturated carbocycles. The second-order valence-corrected chi connectivity index (χ2v) is 29.0. The fourth-order valence-corrected chi connectivity index (χ4v) is 15.8. The fourth-order valence-electron chi connectivity index (χ4n) is 15.8. The van der Waals surface area contributed by atoms with Crippen LogP contribution in [-0.4, -0.2) is 114 Å². The van der Waals surface area contributed by atoms with E-state index in [9.17, 15) is 17.6 Å². The summed E-state index contributed by atoms with van der Waals surface area (Å²) in [4.78, 5) is 37.1. The van der Waals surface area contributed by atoms with E-state index in [-0.39, 0.29) is 23.3 Å². The van der Waals surface area contributed by atoms with Gasteiger partial charge >= 0.3 is 0 Å². The minimum absolute atomic E-state index is 0.204. The SMILES string of the molecule is Cc1cn2c(NCc3c(F)ccc4c3CCO4)ncc(-c3cc(C)nn3C)c2n1.Cc1cn2c(NCc3c(F)ccc4c3CCO4)ncc(-c3cn[nH]c3C)c2n1.Cc1cn2c(NCc3c(F)ccc4c3CCO4)ncc(-c3cnn4c3CCC4)c2n1.Cc1cn2c(NCc3c(F)ccc4c3CCO4)ncc(C3CC3)c2n1. The van der Waals surface area contributed by atoms with Crippen LogP contribution in [-0.2, 0) is 71.9 Å². The van der Waals surface area contributed by atoms with Crippen molar-refractivity contribution in [1.29, 1.82) is 0 Å². The smallest absolute Gasteiger partial charge is 0.208 e. The summed E-state index contributed by atoms with van der Waals surface area (Å²) >= 11 is 0. The molecule has 5 N–H and O–H groups in total. The van der Waals surface area contributed by atoms with Crippen molar-refractivity contribution in [2.45, 2.75) is 132 Å². The predicted molar refractivity (Wildman–Crippen MR) is 413 cm³/mol. The lowest BCUT2D eigenvalue weighted by atomic mass is 10.0. The number of aromatic nitrogens is 18. The van der Waals surface area contributed by atoms with Gasteiger partial charge in [-0.3, -0.25) is 32.1 Å². The van der Waals surface area contributed by atoms with Crippen LogP contribution in [0.5, 0.6) is 23.0 Å². The molecule has 15 aromatic rings. The molecule has 30 heteroatoms. The van der Waals surface area contributed by atoms with Crippen LogP contribution in [0.4, 0.5) is 41.4 Å². The predicted octanol–water partition coefficient (Wildman–Crippen LogP) is 14.0. The van der Waals surface area contributed by atoms with Crippen LogP contribution in [0.25, 0.3) is 56.1 Å². The van der Waals surface area contributed by atoms with E-state index >= 15 is 0 Å². The van der Waals surface area contributed by atoms with Gasteiger partial charge in [0.15, 0.2) is 5.65 Å². The fraction of sp³-hybridized carbons (Fsp3) is 0.305. The number of H-pyrrole nitrogens is 1.